The first kappa shape index (κ1) is 8.90. The summed E-state index contributed by atoms with van der Waals surface area (Å²) in [4.78, 5) is 10.4. The average Bonchev–Trinajstić information content (AvgIpc) is 1.59. The van der Waals surface area contributed by atoms with E-state index in [1.807, 2.05) is 0 Å². The van der Waals surface area contributed by atoms with E-state index >= 15 is 0 Å². The van der Waals surface area contributed by atoms with Gasteiger partial charge in [0.15, 0.2) is 0 Å². The van der Waals surface area contributed by atoms with Crippen molar-refractivity contribution in [2.24, 2.45) is 0 Å². The maximum atomic E-state index is 11.0. The molecule has 54 valence electrons. The van der Waals surface area contributed by atoms with E-state index in [1.54, 1.807) is 13.3 Å². The molecule has 0 aromatic carbocycles. The monoisotopic (exact) mass is 148 g/mol. The van der Waals surface area contributed by atoms with E-state index in [9.17, 15) is 9.36 Å². The highest BCUT2D eigenvalue weighted by molar-refractivity contribution is 7.62. The van der Waals surface area contributed by atoms with Crippen molar-refractivity contribution in [1.82, 2.24) is 0 Å². The second-order valence-electron chi connectivity index (χ2n) is 2.75. The fourth-order valence-electron chi connectivity index (χ4n) is 0.427. The molecule has 0 aromatic rings. The minimum Gasteiger partial charge on any atom is -0.324 e. The second kappa shape index (κ2) is 3.17. The number of carbonyl (C=O) groups excluding carboxylic acids is 1. The summed E-state index contributed by atoms with van der Waals surface area (Å²) in [5.74, 6) is 0.124. The Morgan fingerprint density at radius 2 is 1.89 bits per heavy atom. The van der Waals surface area contributed by atoms with E-state index in [2.05, 4.69) is 0 Å². The van der Waals surface area contributed by atoms with E-state index in [0.29, 0.717) is 12.6 Å². The van der Waals surface area contributed by atoms with Crippen LogP contribution in [-0.4, -0.2) is 25.3 Å². The van der Waals surface area contributed by atoms with E-state index in [1.165, 1.54) is 6.92 Å². The third-order valence-electron chi connectivity index (χ3n) is 1.00. The zero-order valence-electron chi connectivity index (χ0n) is 6.18. The first-order valence-corrected chi connectivity index (χ1v) is 5.74. The molecule has 0 bridgehead atoms. The highest BCUT2D eigenvalue weighted by Gasteiger charge is 2.06. The van der Waals surface area contributed by atoms with Crippen molar-refractivity contribution in [2.45, 2.75) is 13.3 Å². The highest BCUT2D eigenvalue weighted by Crippen LogP contribution is 2.36. The van der Waals surface area contributed by atoms with Crippen molar-refractivity contribution in [3.63, 3.8) is 0 Å². The molecule has 3 heteroatoms. The summed E-state index contributed by atoms with van der Waals surface area (Å²) in [6, 6.07) is 0. The van der Waals surface area contributed by atoms with Crippen LogP contribution in [0, 0.1) is 0 Å². The van der Waals surface area contributed by atoms with Gasteiger partial charge in [0.25, 0.3) is 0 Å². The summed E-state index contributed by atoms with van der Waals surface area (Å²) in [6.45, 7) is 4.93. The van der Waals surface area contributed by atoms with Crippen molar-refractivity contribution in [1.29, 1.82) is 0 Å². The molecule has 2 nitrogen and oxygen atoms in total. The van der Waals surface area contributed by atoms with Gasteiger partial charge in [-0.1, -0.05) is 0 Å². The van der Waals surface area contributed by atoms with Gasteiger partial charge in [-0.05, 0) is 20.3 Å². The Bertz CT molecular complexity index is 145. The van der Waals surface area contributed by atoms with Crippen LogP contribution in [0.3, 0.4) is 0 Å². The first-order chi connectivity index (χ1) is 3.92. The van der Waals surface area contributed by atoms with E-state index < -0.39 is 7.14 Å². The maximum absolute atomic E-state index is 11.0. The average molecular weight is 148 g/mol. The molecule has 9 heavy (non-hydrogen) atoms. The zero-order chi connectivity index (χ0) is 7.49. The Kier molecular flexibility index (Phi) is 3.13. The van der Waals surface area contributed by atoms with Crippen molar-refractivity contribution in [3.8, 4) is 0 Å². The molecule has 0 amide bonds. The Labute approximate surface area is 56.0 Å². The van der Waals surface area contributed by atoms with Gasteiger partial charge in [-0.25, -0.2) is 0 Å². The first-order valence-electron chi connectivity index (χ1n) is 2.95. The van der Waals surface area contributed by atoms with Crippen LogP contribution in [0.25, 0.3) is 0 Å². The topological polar surface area (TPSA) is 34.1 Å². The lowest BCUT2D eigenvalue weighted by atomic mass is 10.4. The molecule has 0 spiro atoms. The number of carbonyl (C=O) groups is 1. The molecule has 0 atom stereocenters. The van der Waals surface area contributed by atoms with Gasteiger partial charge in [-0.2, -0.15) is 0 Å². The summed E-state index contributed by atoms with van der Waals surface area (Å²) in [6.07, 6.45) is 1.02. The van der Waals surface area contributed by atoms with Crippen LogP contribution in [0.1, 0.15) is 13.3 Å². The Morgan fingerprint density at radius 3 is 2.00 bits per heavy atom. The summed E-state index contributed by atoms with van der Waals surface area (Å²) in [5.41, 5.74) is 0. The van der Waals surface area contributed by atoms with E-state index in [0.717, 1.165) is 0 Å². The summed E-state index contributed by atoms with van der Waals surface area (Å²) in [7, 11) is -1.94. The number of rotatable bonds is 3. The van der Waals surface area contributed by atoms with Crippen LogP contribution >= 0.6 is 7.14 Å². The minimum atomic E-state index is -1.94. The van der Waals surface area contributed by atoms with Gasteiger partial charge in [0.1, 0.15) is 5.78 Å². The van der Waals surface area contributed by atoms with Crippen molar-refractivity contribution < 1.29 is 9.36 Å². The van der Waals surface area contributed by atoms with Gasteiger partial charge in [0.05, 0.1) is 7.14 Å². The van der Waals surface area contributed by atoms with E-state index in [-0.39, 0.29) is 5.78 Å². The smallest absolute Gasteiger partial charge is 0.130 e. The van der Waals surface area contributed by atoms with Gasteiger partial charge < -0.3 is 9.36 Å². The summed E-state index contributed by atoms with van der Waals surface area (Å²) < 4.78 is 11.0. The van der Waals surface area contributed by atoms with Gasteiger partial charge in [0.2, 0.25) is 0 Å². The van der Waals surface area contributed by atoms with Crippen LogP contribution in [0.5, 0.6) is 0 Å². The van der Waals surface area contributed by atoms with Crippen molar-refractivity contribution in [2.75, 3.05) is 19.5 Å². The third kappa shape index (κ3) is 7.90. The summed E-state index contributed by atoms with van der Waals surface area (Å²) in [5, 5.41) is 0. The third-order valence-corrected chi connectivity index (χ3v) is 2.30. The number of Topliss-reactive ketones (excluding diaryl/α,β-unsaturated/α-hetero) is 1. The van der Waals surface area contributed by atoms with Crippen LogP contribution in [0.4, 0.5) is 0 Å². The summed E-state index contributed by atoms with van der Waals surface area (Å²) >= 11 is 0. The largest absolute Gasteiger partial charge is 0.324 e. The molecule has 0 radical (unpaired) electrons. The number of ketones is 1. The Morgan fingerprint density at radius 1 is 1.44 bits per heavy atom. The minimum absolute atomic E-state index is 0.124. The van der Waals surface area contributed by atoms with Gasteiger partial charge >= 0.3 is 0 Å². The zero-order valence-corrected chi connectivity index (χ0v) is 7.07. The van der Waals surface area contributed by atoms with Crippen molar-refractivity contribution in [3.05, 3.63) is 0 Å². The lowest BCUT2D eigenvalue weighted by molar-refractivity contribution is -0.116. The molecule has 0 rings (SSSR count). The molecule has 0 aliphatic carbocycles. The Balaban J connectivity index is 3.53. The van der Waals surface area contributed by atoms with Crippen LogP contribution in [-0.2, 0) is 9.36 Å². The molecular formula is C6H13O2P. The SMILES string of the molecule is CC(=O)CCP(C)(C)=O. The molecular weight excluding hydrogens is 135 g/mol. The lowest BCUT2D eigenvalue weighted by Gasteiger charge is -2.01. The molecule has 0 aromatic heterocycles. The van der Waals surface area contributed by atoms with Gasteiger partial charge in [-0.15, -0.1) is 0 Å². The molecule has 0 fully saturated rings. The van der Waals surface area contributed by atoms with Crippen LogP contribution in [0.2, 0.25) is 0 Å². The lowest BCUT2D eigenvalue weighted by Crippen LogP contribution is -1.94. The fraction of sp³-hybridized carbons (Fsp3) is 0.833. The Hall–Kier alpha value is -0.100. The molecule has 0 saturated carbocycles. The molecule has 0 saturated heterocycles. The van der Waals surface area contributed by atoms with Gasteiger partial charge in [-0.3, -0.25) is 0 Å². The second-order valence-corrected chi connectivity index (χ2v) is 6.34. The maximum Gasteiger partial charge on any atom is 0.130 e. The number of hydrogen-bond donors (Lipinski definition) is 0. The quantitative estimate of drug-likeness (QED) is 0.569. The normalized spacial score (nSPS) is 11.4. The van der Waals surface area contributed by atoms with E-state index in [4.69, 9.17) is 0 Å². The molecule has 0 aliphatic rings. The fourth-order valence-corrected chi connectivity index (χ4v) is 1.28. The molecule has 0 N–H and O–H groups in total. The molecule has 0 heterocycles. The highest BCUT2D eigenvalue weighted by atomic mass is 31.2. The molecule has 0 unspecified atom stereocenters. The standard InChI is InChI=1S/C6H13O2P/c1-6(7)4-5-9(2,3)8/h4-5H2,1-3H3. The molecule has 0 aliphatic heterocycles. The number of hydrogen-bond acceptors (Lipinski definition) is 2. The predicted octanol–water partition coefficient (Wildman–Crippen LogP) is 1.59. The van der Waals surface area contributed by atoms with Crippen molar-refractivity contribution >= 4 is 12.9 Å². The van der Waals surface area contributed by atoms with Crippen LogP contribution in [0.15, 0.2) is 0 Å². The van der Waals surface area contributed by atoms with Crippen LogP contribution < -0.4 is 0 Å². The predicted molar refractivity (Wildman–Crippen MR) is 39.6 cm³/mol. The van der Waals surface area contributed by atoms with Gasteiger partial charge in [0, 0.05) is 12.6 Å².